The number of nitrogen functional groups attached to an aromatic ring is 1. The second-order valence-electron chi connectivity index (χ2n) is 4.48. The van der Waals surface area contributed by atoms with Crippen LogP contribution >= 0.6 is 0 Å². The number of benzene rings is 1. The summed E-state index contributed by atoms with van der Waals surface area (Å²) in [5.41, 5.74) is 2.88. The molecule has 1 fully saturated rings. The fourth-order valence-corrected chi connectivity index (χ4v) is 2.31. The number of nitro benzene ring substituents is 1. The molecule has 1 aliphatic heterocycles. The molecule has 0 spiro atoms. The van der Waals surface area contributed by atoms with Crippen molar-refractivity contribution in [3.63, 3.8) is 0 Å². The quantitative estimate of drug-likeness (QED) is 0.369. The molecule has 1 saturated heterocycles. The molecule has 0 radical (unpaired) electrons. The molecule has 0 atom stereocenters. The van der Waals surface area contributed by atoms with E-state index in [0.717, 1.165) is 25.9 Å². The second kappa shape index (κ2) is 5.66. The highest BCUT2D eigenvalue weighted by Gasteiger charge is 2.21. The van der Waals surface area contributed by atoms with Crippen LogP contribution in [0.25, 0.3) is 0 Å². The fraction of sp³-hybridized carbons (Fsp3) is 0.417. The molecule has 3 N–H and O–H groups in total. The van der Waals surface area contributed by atoms with Crippen molar-refractivity contribution in [3.05, 3.63) is 33.9 Å². The van der Waals surface area contributed by atoms with E-state index in [1.807, 2.05) is 5.43 Å². The largest absolute Gasteiger partial charge is 0.371 e. The smallest absolute Gasteiger partial charge is 0.270 e. The number of hydrogen-bond acceptors (Lipinski definition) is 5. The molecule has 2 rings (SSSR count). The monoisotopic (exact) mass is 264 g/mol. The lowest BCUT2D eigenvalue weighted by Crippen LogP contribution is -2.35. The van der Waals surface area contributed by atoms with E-state index < -0.39 is 10.8 Å². The van der Waals surface area contributed by atoms with Crippen molar-refractivity contribution in [2.45, 2.75) is 19.3 Å². The van der Waals surface area contributed by atoms with E-state index in [9.17, 15) is 14.9 Å². The standard InChI is InChI=1S/C12H16N4O3/c13-14-12(17)10-8-9(16(18)19)4-5-11(10)15-6-2-1-3-7-15/h4-5,8H,1-3,6-7,13H2,(H,14,17). The van der Waals surface area contributed by atoms with Crippen LogP contribution in [0.1, 0.15) is 29.6 Å². The number of amides is 1. The summed E-state index contributed by atoms with van der Waals surface area (Å²) in [4.78, 5) is 24.1. The summed E-state index contributed by atoms with van der Waals surface area (Å²) in [5.74, 6) is 4.63. The van der Waals surface area contributed by atoms with Gasteiger partial charge in [0.25, 0.3) is 11.6 Å². The number of carbonyl (C=O) groups excluding carboxylic acids is 1. The van der Waals surface area contributed by atoms with Gasteiger partial charge in [-0.3, -0.25) is 20.3 Å². The number of piperidine rings is 1. The van der Waals surface area contributed by atoms with Crippen molar-refractivity contribution >= 4 is 17.3 Å². The molecule has 7 heteroatoms. The van der Waals surface area contributed by atoms with E-state index in [4.69, 9.17) is 5.84 Å². The van der Waals surface area contributed by atoms with Crippen molar-refractivity contribution < 1.29 is 9.72 Å². The Morgan fingerprint density at radius 3 is 2.58 bits per heavy atom. The first-order valence-corrected chi connectivity index (χ1v) is 6.18. The predicted molar refractivity (Wildman–Crippen MR) is 70.8 cm³/mol. The SMILES string of the molecule is NNC(=O)c1cc([N+](=O)[O-])ccc1N1CCCCC1. The lowest BCUT2D eigenvalue weighted by molar-refractivity contribution is -0.384. The van der Waals surface area contributed by atoms with Crippen molar-refractivity contribution in [3.8, 4) is 0 Å². The topological polar surface area (TPSA) is 101 Å². The number of non-ortho nitro benzene ring substituents is 1. The van der Waals surface area contributed by atoms with Crippen molar-refractivity contribution in [2.75, 3.05) is 18.0 Å². The van der Waals surface area contributed by atoms with Crippen LogP contribution in [0.2, 0.25) is 0 Å². The highest BCUT2D eigenvalue weighted by Crippen LogP contribution is 2.27. The number of anilines is 1. The summed E-state index contributed by atoms with van der Waals surface area (Å²) >= 11 is 0. The van der Waals surface area contributed by atoms with Crippen LogP contribution in [0.15, 0.2) is 18.2 Å². The number of hydrazine groups is 1. The number of carbonyl (C=O) groups is 1. The molecule has 1 heterocycles. The van der Waals surface area contributed by atoms with E-state index in [1.54, 1.807) is 6.07 Å². The molecule has 0 bridgehead atoms. The van der Waals surface area contributed by atoms with E-state index in [2.05, 4.69) is 4.90 Å². The van der Waals surface area contributed by atoms with Gasteiger partial charge in [-0.15, -0.1) is 0 Å². The van der Waals surface area contributed by atoms with Crippen LogP contribution in [0, 0.1) is 10.1 Å². The van der Waals surface area contributed by atoms with Gasteiger partial charge in [0, 0.05) is 25.2 Å². The second-order valence-corrected chi connectivity index (χ2v) is 4.48. The Labute approximate surface area is 110 Å². The Kier molecular flexibility index (Phi) is 3.96. The third-order valence-corrected chi connectivity index (χ3v) is 3.26. The Morgan fingerprint density at radius 1 is 1.32 bits per heavy atom. The molecule has 1 aromatic carbocycles. The molecule has 102 valence electrons. The van der Waals surface area contributed by atoms with E-state index in [1.165, 1.54) is 18.6 Å². The molecule has 1 aromatic rings. The van der Waals surface area contributed by atoms with Gasteiger partial charge in [-0.05, 0) is 25.3 Å². The average Bonchev–Trinajstić information content (AvgIpc) is 2.46. The van der Waals surface area contributed by atoms with Gasteiger partial charge in [0.15, 0.2) is 0 Å². The molecule has 0 aromatic heterocycles. The molecule has 1 aliphatic rings. The van der Waals surface area contributed by atoms with Crippen LogP contribution < -0.4 is 16.2 Å². The summed E-state index contributed by atoms with van der Waals surface area (Å²) < 4.78 is 0. The van der Waals surface area contributed by atoms with E-state index >= 15 is 0 Å². The maximum absolute atomic E-state index is 11.8. The summed E-state index contributed by atoms with van der Waals surface area (Å²) in [5, 5.41) is 10.8. The van der Waals surface area contributed by atoms with Gasteiger partial charge in [-0.2, -0.15) is 0 Å². The molecule has 19 heavy (non-hydrogen) atoms. The third-order valence-electron chi connectivity index (χ3n) is 3.26. The van der Waals surface area contributed by atoms with Crippen molar-refractivity contribution in [1.82, 2.24) is 5.43 Å². The Morgan fingerprint density at radius 2 is 2.00 bits per heavy atom. The summed E-state index contributed by atoms with van der Waals surface area (Å²) in [6.45, 7) is 1.70. The van der Waals surface area contributed by atoms with Gasteiger partial charge < -0.3 is 4.90 Å². The van der Waals surface area contributed by atoms with E-state index in [-0.39, 0.29) is 11.3 Å². The first-order chi connectivity index (χ1) is 9.13. The van der Waals surface area contributed by atoms with Gasteiger partial charge >= 0.3 is 0 Å². The molecule has 0 saturated carbocycles. The minimum atomic E-state index is -0.521. The van der Waals surface area contributed by atoms with Crippen LogP contribution in [-0.2, 0) is 0 Å². The molecule has 0 unspecified atom stereocenters. The number of nitrogens with two attached hydrogens (primary N) is 1. The van der Waals surface area contributed by atoms with Gasteiger partial charge in [-0.1, -0.05) is 0 Å². The zero-order chi connectivity index (χ0) is 13.8. The van der Waals surface area contributed by atoms with Crippen molar-refractivity contribution in [2.24, 2.45) is 5.84 Å². The summed E-state index contributed by atoms with van der Waals surface area (Å²) in [6, 6.07) is 4.30. The fourth-order valence-electron chi connectivity index (χ4n) is 2.31. The maximum Gasteiger partial charge on any atom is 0.270 e. The molecular formula is C12H16N4O3. The Hall–Kier alpha value is -2.15. The minimum Gasteiger partial charge on any atom is -0.371 e. The Bertz CT molecular complexity index is 498. The van der Waals surface area contributed by atoms with Crippen molar-refractivity contribution in [1.29, 1.82) is 0 Å². The lowest BCUT2D eigenvalue weighted by atomic mass is 10.1. The van der Waals surface area contributed by atoms with Crippen LogP contribution in [0.4, 0.5) is 11.4 Å². The number of nitro groups is 1. The van der Waals surface area contributed by atoms with Gasteiger partial charge in [0.05, 0.1) is 16.2 Å². The predicted octanol–water partition coefficient (Wildman–Crippen LogP) is 1.19. The van der Waals surface area contributed by atoms with Crippen LogP contribution in [0.5, 0.6) is 0 Å². The highest BCUT2D eigenvalue weighted by atomic mass is 16.6. The summed E-state index contributed by atoms with van der Waals surface area (Å²) in [6.07, 6.45) is 3.28. The van der Waals surface area contributed by atoms with Crippen LogP contribution in [-0.4, -0.2) is 23.9 Å². The molecule has 7 nitrogen and oxygen atoms in total. The first kappa shape index (κ1) is 13.3. The highest BCUT2D eigenvalue weighted by molar-refractivity contribution is 6.00. The number of nitrogens with zero attached hydrogens (tertiary/aromatic N) is 2. The number of hydrogen-bond donors (Lipinski definition) is 2. The zero-order valence-electron chi connectivity index (χ0n) is 10.5. The average molecular weight is 264 g/mol. The van der Waals surface area contributed by atoms with E-state index in [0.29, 0.717) is 5.69 Å². The van der Waals surface area contributed by atoms with Gasteiger partial charge in [0.2, 0.25) is 0 Å². The molecule has 1 amide bonds. The Balaban J connectivity index is 2.40. The normalized spacial score (nSPS) is 15.1. The van der Waals surface area contributed by atoms with Gasteiger partial charge in [0.1, 0.15) is 0 Å². The molecular weight excluding hydrogens is 248 g/mol. The number of rotatable bonds is 3. The van der Waals surface area contributed by atoms with Gasteiger partial charge in [-0.25, -0.2) is 5.84 Å². The zero-order valence-corrected chi connectivity index (χ0v) is 10.5. The maximum atomic E-state index is 11.8. The summed E-state index contributed by atoms with van der Waals surface area (Å²) in [7, 11) is 0. The number of nitrogens with one attached hydrogen (secondary N) is 1. The minimum absolute atomic E-state index is 0.112. The lowest BCUT2D eigenvalue weighted by Gasteiger charge is -2.30. The first-order valence-electron chi connectivity index (χ1n) is 6.18. The van der Waals surface area contributed by atoms with Crippen LogP contribution in [0.3, 0.4) is 0 Å². The third kappa shape index (κ3) is 2.82. The molecule has 0 aliphatic carbocycles.